The predicted molar refractivity (Wildman–Crippen MR) is 112 cm³/mol. The molecule has 2 nitrogen and oxygen atoms in total. The average molecular weight is 382 g/mol. The van der Waals surface area contributed by atoms with Crippen LogP contribution in [-0.4, -0.2) is 24.6 Å². The number of phenolic OH excluding ortho intramolecular Hbond substituents is 1. The molecule has 0 saturated heterocycles. The lowest BCUT2D eigenvalue weighted by molar-refractivity contribution is -0.0647. The molecule has 0 heterocycles. The van der Waals surface area contributed by atoms with Crippen LogP contribution in [0.15, 0.2) is 18.2 Å². The van der Waals surface area contributed by atoms with Gasteiger partial charge < -0.3 is 10.2 Å². The molecule has 1 aromatic rings. The van der Waals surface area contributed by atoms with E-state index in [1.807, 2.05) is 12.1 Å². The molecule has 0 bridgehead atoms. The fourth-order valence-electron chi connectivity index (χ4n) is 6.41. The number of benzene rings is 1. The van der Waals surface area contributed by atoms with Crippen molar-refractivity contribution >= 4 is 8.80 Å². The molecule has 0 aromatic heterocycles. The van der Waals surface area contributed by atoms with Crippen molar-refractivity contribution in [1.82, 2.24) is 0 Å². The molecule has 3 heteroatoms. The largest absolute Gasteiger partial charge is 0.508 e. The number of fused-ring (bicyclic) bond motifs is 5. The van der Waals surface area contributed by atoms with Crippen molar-refractivity contribution in [2.75, 3.05) is 0 Å². The van der Waals surface area contributed by atoms with Crippen LogP contribution in [0.5, 0.6) is 5.75 Å². The first kappa shape index (κ1) is 19.1. The van der Waals surface area contributed by atoms with Crippen LogP contribution in [0.25, 0.3) is 0 Å². The van der Waals surface area contributed by atoms with Gasteiger partial charge in [-0.05, 0) is 79.5 Å². The van der Waals surface area contributed by atoms with Crippen molar-refractivity contribution in [2.45, 2.75) is 82.9 Å². The molecule has 5 atom stereocenters. The Morgan fingerprint density at radius 1 is 1.15 bits per heavy atom. The van der Waals surface area contributed by atoms with E-state index in [4.69, 9.17) is 0 Å². The third-order valence-electron chi connectivity index (χ3n) is 8.16. The Balaban J connectivity index is 1.63. The number of hydrogen-bond donors (Lipinski definition) is 2. The number of phenols is 1. The van der Waals surface area contributed by atoms with Crippen LogP contribution in [0.2, 0.25) is 12.1 Å². The van der Waals surface area contributed by atoms with Gasteiger partial charge in [0.25, 0.3) is 0 Å². The van der Waals surface area contributed by atoms with Gasteiger partial charge in [-0.25, -0.2) is 0 Å². The number of rotatable bonds is 2. The minimum Gasteiger partial charge on any atom is -0.508 e. The summed E-state index contributed by atoms with van der Waals surface area (Å²) >= 11 is 0. The van der Waals surface area contributed by atoms with E-state index < -0.39 is 14.4 Å². The average Bonchev–Trinajstić information content (AvgIpc) is 2.93. The van der Waals surface area contributed by atoms with Crippen LogP contribution in [0, 0.1) is 28.7 Å². The second-order valence-electron chi connectivity index (χ2n) is 9.21. The smallest absolute Gasteiger partial charge is 0.144 e. The van der Waals surface area contributed by atoms with Crippen LogP contribution in [0.4, 0.5) is 0 Å². The Kier molecular flexibility index (Phi) is 4.93. The van der Waals surface area contributed by atoms with Crippen LogP contribution in [-0.2, 0) is 6.42 Å². The van der Waals surface area contributed by atoms with Gasteiger partial charge in [-0.15, -0.1) is 5.54 Å². The fourth-order valence-corrected chi connectivity index (χ4v) is 7.65. The van der Waals surface area contributed by atoms with Gasteiger partial charge in [0.05, 0.1) is 0 Å². The van der Waals surface area contributed by atoms with E-state index in [9.17, 15) is 10.2 Å². The second-order valence-corrected chi connectivity index (χ2v) is 12.1. The number of aryl methyl sites for hydroxylation is 1. The van der Waals surface area contributed by atoms with E-state index in [0.717, 1.165) is 32.1 Å². The van der Waals surface area contributed by atoms with Gasteiger partial charge in [-0.2, -0.15) is 0 Å². The highest BCUT2D eigenvalue weighted by Gasteiger charge is 2.61. The van der Waals surface area contributed by atoms with Crippen LogP contribution in [0.1, 0.15) is 69.9 Å². The van der Waals surface area contributed by atoms with Crippen molar-refractivity contribution in [1.29, 1.82) is 0 Å². The molecule has 2 fully saturated rings. The lowest BCUT2D eigenvalue weighted by Gasteiger charge is -2.52. The molecule has 1 radical (unpaired) electrons. The molecule has 3 aliphatic rings. The third-order valence-corrected chi connectivity index (χ3v) is 10.3. The maximum absolute atomic E-state index is 11.6. The zero-order valence-corrected chi connectivity index (χ0v) is 18.0. The Bertz CT molecular complexity index is 774. The first-order valence-electron chi connectivity index (χ1n) is 10.8. The summed E-state index contributed by atoms with van der Waals surface area (Å²) in [6.45, 7) is 6.79. The zero-order valence-electron chi connectivity index (χ0n) is 17.0. The van der Waals surface area contributed by atoms with Crippen molar-refractivity contribution in [2.24, 2.45) is 17.3 Å². The Morgan fingerprint density at radius 2 is 1.93 bits per heavy atom. The van der Waals surface area contributed by atoms with Gasteiger partial charge >= 0.3 is 0 Å². The first-order chi connectivity index (χ1) is 12.9. The first-order valence-corrected chi connectivity index (χ1v) is 12.8. The van der Waals surface area contributed by atoms with E-state index in [1.54, 1.807) is 0 Å². The SMILES string of the molecule is CC[Si](C#C[C@]1(O)CC[C@H]2[C@@H]3CCc4cc(O)ccc4[C@H]3CC[C@@]21C)CC. The van der Waals surface area contributed by atoms with Gasteiger partial charge in [0.2, 0.25) is 0 Å². The van der Waals surface area contributed by atoms with Crippen LogP contribution < -0.4 is 0 Å². The molecule has 0 aliphatic heterocycles. The highest BCUT2D eigenvalue weighted by Crippen LogP contribution is 2.64. The minimum atomic E-state index is -0.794. The molecular weight excluding hydrogens is 348 g/mol. The van der Waals surface area contributed by atoms with Crippen molar-refractivity contribution in [3.63, 3.8) is 0 Å². The molecule has 0 unspecified atom stereocenters. The van der Waals surface area contributed by atoms with Crippen molar-refractivity contribution in [3.05, 3.63) is 29.3 Å². The van der Waals surface area contributed by atoms with E-state index in [2.05, 4.69) is 38.3 Å². The third kappa shape index (κ3) is 2.97. The summed E-state index contributed by atoms with van der Waals surface area (Å²) in [4.78, 5) is 0. The molecule has 3 aliphatic carbocycles. The normalized spacial score (nSPS) is 37.1. The number of hydrogen-bond acceptors (Lipinski definition) is 2. The molecule has 1 aromatic carbocycles. The molecule has 145 valence electrons. The molecule has 0 amide bonds. The summed E-state index contributed by atoms with van der Waals surface area (Å²) in [6.07, 6.45) is 6.39. The monoisotopic (exact) mass is 381 g/mol. The Hall–Kier alpha value is -1.24. The summed E-state index contributed by atoms with van der Waals surface area (Å²) in [6, 6.07) is 8.30. The van der Waals surface area contributed by atoms with Gasteiger partial charge in [0.1, 0.15) is 20.1 Å². The summed E-state index contributed by atoms with van der Waals surface area (Å²) < 4.78 is 0. The lowest BCUT2D eigenvalue weighted by Crippen LogP contribution is -2.50. The highest BCUT2D eigenvalue weighted by molar-refractivity contribution is 6.67. The maximum Gasteiger partial charge on any atom is 0.144 e. The van der Waals surface area contributed by atoms with Crippen molar-refractivity contribution < 1.29 is 10.2 Å². The van der Waals surface area contributed by atoms with Crippen LogP contribution >= 0.6 is 0 Å². The summed E-state index contributed by atoms with van der Waals surface area (Å²) in [5.74, 6) is 5.64. The lowest BCUT2D eigenvalue weighted by atomic mass is 9.53. The minimum absolute atomic E-state index is 0.0654. The van der Waals surface area contributed by atoms with Gasteiger partial charge in [0, 0.05) is 5.41 Å². The second kappa shape index (κ2) is 6.98. The summed E-state index contributed by atoms with van der Waals surface area (Å²) in [5.41, 5.74) is 5.46. The molecule has 27 heavy (non-hydrogen) atoms. The molecule has 2 saturated carbocycles. The van der Waals surface area contributed by atoms with E-state index in [-0.39, 0.29) is 5.41 Å². The van der Waals surface area contributed by atoms with Crippen LogP contribution in [0.3, 0.4) is 0 Å². The Morgan fingerprint density at radius 3 is 2.67 bits per heavy atom. The Labute approximate surface area is 166 Å². The fraction of sp³-hybridized carbons (Fsp3) is 0.667. The van der Waals surface area contributed by atoms with E-state index in [1.165, 1.54) is 29.6 Å². The summed E-state index contributed by atoms with van der Waals surface area (Å²) in [5, 5.41) is 21.5. The van der Waals surface area contributed by atoms with Crippen molar-refractivity contribution in [3.8, 4) is 17.2 Å². The van der Waals surface area contributed by atoms with E-state index in [0.29, 0.717) is 23.5 Å². The maximum atomic E-state index is 11.6. The number of aromatic hydroxyl groups is 1. The standard InChI is InChI=1S/C24H33O2Si/c1-4-27(5-2)15-14-24(26)13-11-22-21-8-6-17-16-18(25)7-9-19(17)20(21)10-12-23(22,24)3/h7,9,16,20-22,25-26H,4-6,8,10-13H2,1-3H3/t20-,21-,22+,23+,24-/m1/s1. The zero-order chi connectivity index (χ0) is 19.2. The van der Waals surface area contributed by atoms with E-state index >= 15 is 0 Å². The molecule has 4 rings (SSSR count). The topological polar surface area (TPSA) is 40.5 Å². The molecular formula is C24H33O2Si. The van der Waals surface area contributed by atoms with Gasteiger partial charge in [0.15, 0.2) is 0 Å². The van der Waals surface area contributed by atoms with Gasteiger partial charge in [-0.3, -0.25) is 0 Å². The van der Waals surface area contributed by atoms with Gasteiger partial charge in [-0.1, -0.05) is 44.8 Å². The molecule has 2 N–H and O–H groups in total. The quantitative estimate of drug-likeness (QED) is 0.555. The summed E-state index contributed by atoms with van der Waals surface area (Å²) in [7, 11) is -0.623. The predicted octanol–water partition coefficient (Wildman–Crippen LogP) is 5.06. The molecule has 0 spiro atoms. The highest BCUT2D eigenvalue weighted by atomic mass is 28.3. The number of aliphatic hydroxyl groups is 1.